The largest absolute Gasteiger partial charge is 0.369 e. The Morgan fingerprint density at radius 3 is 2.73 bits per heavy atom. The number of hydrogen-bond donors (Lipinski definition) is 0. The SMILES string of the molecule is CCC1(CC)CN(c2cc(C)nc3ccccc23)CCS1=O. The van der Waals surface area contributed by atoms with E-state index in [0.29, 0.717) is 0 Å². The van der Waals surface area contributed by atoms with Crippen LogP contribution in [-0.2, 0) is 10.8 Å². The molecule has 0 spiro atoms. The van der Waals surface area contributed by atoms with Gasteiger partial charge in [-0.05, 0) is 31.9 Å². The first-order chi connectivity index (χ1) is 10.6. The smallest absolute Gasteiger partial charge is 0.0726 e. The van der Waals surface area contributed by atoms with Gasteiger partial charge >= 0.3 is 0 Å². The zero-order valence-electron chi connectivity index (χ0n) is 13.6. The maximum atomic E-state index is 12.6. The number of fused-ring (bicyclic) bond motifs is 1. The van der Waals surface area contributed by atoms with Gasteiger partial charge in [-0.15, -0.1) is 0 Å². The van der Waals surface area contributed by atoms with Crippen LogP contribution in [0.4, 0.5) is 5.69 Å². The second-order valence-corrected chi connectivity index (χ2v) is 8.13. The van der Waals surface area contributed by atoms with Crippen molar-refractivity contribution < 1.29 is 4.21 Å². The molecule has 0 saturated carbocycles. The predicted molar refractivity (Wildman–Crippen MR) is 95.0 cm³/mol. The molecule has 1 saturated heterocycles. The zero-order valence-corrected chi connectivity index (χ0v) is 14.4. The van der Waals surface area contributed by atoms with Crippen molar-refractivity contribution in [2.24, 2.45) is 0 Å². The van der Waals surface area contributed by atoms with Crippen LogP contribution < -0.4 is 4.90 Å². The van der Waals surface area contributed by atoms with Gasteiger partial charge in [0.15, 0.2) is 0 Å². The summed E-state index contributed by atoms with van der Waals surface area (Å²) < 4.78 is 12.5. The van der Waals surface area contributed by atoms with E-state index in [0.717, 1.165) is 42.9 Å². The third kappa shape index (κ3) is 2.54. The minimum absolute atomic E-state index is 0.0729. The molecule has 4 heteroatoms. The summed E-state index contributed by atoms with van der Waals surface area (Å²) in [6.07, 6.45) is 1.93. The summed E-state index contributed by atoms with van der Waals surface area (Å²) in [4.78, 5) is 7.06. The van der Waals surface area contributed by atoms with Crippen LogP contribution in [0.25, 0.3) is 10.9 Å². The van der Waals surface area contributed by atoms with Gasteiger partial charge in [-0.3, -0.25) is 9.19 Å². The van der Waals surface area contributed by atoms with Gasteiger partial charge in [0.2, 0.25) is 0 Å². The first kappa shape index (κ1) is 15.5. The van der Waals surface area contributed by atoms with E-state index in [1.165, 1.54) is 11.1 Å². The fourth-order valence-electron chi connectivity index (χ4n) is 3.46. The molecule has 1 atom stereocenters. The summed E-state index contributed by atoms with van der Waals surface area (Å²) in [6, 6.07) is 10.5. The number of para-hydroxylation sites is 1. The average molecular weight is 316 g/mol. The number of rotatable bonds is 3. The molecule has 1 fully saturated rings. The van der Waals surface area contributed by atoms with Gasteiger partial charge in [0.1, 0.15) is 0 Å². The second kappa shape index (κ2) is 5.99. The Kier molecular flexibility index (Phi) is 4.22. The number of nitrogens with zero attached hydrogens (tertiary/aromatic N) is 2. The molecule has 1 unspecified atom stereocenters. The van der Waals surface area contributed by atoms with Crippen LogP contribution in [0.1, 0.15) is 32.4 Å². The zero-order chi connectivity index (χ0) is 15.7. The molecular formula is C18H24N2OS. The summed E-state index contributed by atoms with van der Waals surface area (Å²) in [5.74, 6) is 0.761. The Bertz CT molecular complexity index is 709. The van der Waals surface area contributed by atoms with Gasteiger partial charge in [0, 0.05) is 46.4 Å². The van der Waals surface area contributed by atoms with E-state index >= 15 is 0 Å². The Morgan fingerprint density at radius 1 is 1.27 bits per heavy atom. The highest BCUT2D eigenvalue weighted by atomic mass is 32.2. The van der Waals surface area contributed by atoms with E-state index in [4.69, 9.17) is 0 Å². The molecule has 1 aliphatic heterocycles. The molecule has 0 aliphatic carbocycles. The highest BCUT2D eigenvalue weighted by Crippen LogP contribution is 2.34. The maximum Gasteiger partial charge on any atom is 0.0726 e. The topological polar surface area (TPSA) is 33.2 Å². The Morgan fingerprint density at radius 2 is 2.00 bits per heavy atom. The van der Waals surface area contributed by atoms with Crippen LogP contribution in [0.5, 0.6) is 0 Å². The van der Waals surface area contributed by atoms with Gasteiger partial charge in [0.25, 0.3) is 0 Å². The summed E-state index contributed by atoms with van der Waals surface area (Å²) in [5.41, 5.74) is 3.33. The average Bonchev–Trinajstić information content (AvgIpc) is 2.55. The molecule has 3 nitrogen and oxygen atoms in total. The molecule has 2 aromatic rings. The summed E-state index contributed by atoms with van der Waals surface area (Å²) in [5, 5.41) is 1.20. The molecule has 0 radical (unpaired) electrons. The molecule has 1 aromatic heterocycles. The van der Waals surface area contributed by atoms with Crippen LogP contribution in [0, 0.1) is 6.92 Å². The summed E-state index contributed by atoms with van der Waals surface area (Å²) >= 11 is 0. The van der Waals surface area contributed by atoms with Crippen LogP contribution >= 0.6 is 0 Å². The third-order valence-corrected chi connectivity index (χ3v) is 7.19. The quantitative estimate of drug-likeness (QED) is 0.866. The standard InChI is InChI=1S/C18H24N2OS/c1-4-18(5-2)13-20(10-11-22(18)21)17-12-14(3)19-16-9-7-6-8-15(16)17/h6-9,12H,4-5,10-11,13H2,1-3H3. The van der Waals surface area contributed by atoms with Crippen LogP contribution in [-0.4, -0.2) is 32.8 Å². The van der Waals surface area contributed by atoms with Crippen LogP contribution in [0.3, 0.4) is 0 Å². The molecule has 2 heterocycles. The van der Waals surface area contributed by atoms with E-state index in [2.05, 4.69) is 48.0 Å². The lowest BCUT2D eigenvalue weighted by Gasteiger charge is -2.42. The molecule has 1 aliphatic rings. The number of anilines is 1. The lowest BCUT2D eigenvalue weighted by Crippen LogP contribution is -2.53. The van der Waals surface area contributed by atoms with Crippen LogP contribution in [0.2, 0.25) is 0 Å². The summed E-state index contributed by atoms with van der Waals surface area (Å²) in [7, 11) is -0.727. The van der Waals surface area contributed by atoms with E-state index < -0.39 is 10.8 Å². The van der Waals surface area contributed by atoms with Crippen molar-refractivity contribution in [1.82, 2.24) is 4.98 Å². The number of benzene rings is 1. The number of pyridine rings is 1. The van der Waals surface area contributed by atoms with Gasteiger partial charge in [-0.25, -0.2) is 0 Å². The second-order valence-electron chi connectivity index (χ2n) is 6.16. The fourth-order valence-corrected chi connectivity index (χ4v) is 5.22. The minimum atomic E-state index is -0.727. The normalized spacial score (nSPS) is 21.2. The minimum Gasteiger partial charge on any atom is -0.369 e. The van der Waals surface area contributed by atoms with Crippen molar-refractivity contribution in [1.29, 1.82) is 0 Å². The van der Waals surface area contributed by atoms with Crippen molar-refractivity contribution in [2.45, 2.75) is 38.4 Å². The molecule has 0 bridgehead atoms. The third-order valence-electron chi connectivity index (χ3n) is 4.96. The van der Waals surface area contributed by atoms with E-state index in [9.17, 15) is 4.21 Å². The van der Waals surface area contributed by atoms with Crippen molar-refractivity contribution in [3.63, 3.8) is 0 Å². The monoisotopic (exact) mass is 316 g/mol. The molecule has 1 aromatic carbocycles. The summed E-state index contributed by atoms with van der Waals surface area (Å²) in [6.45, 7) is 8.12. The van der Waals surface area contributed by atoms with Crippen molar-refractivity contribution >= 4 is 27.4 Å². The highest BCUT2D eigenvalue weighted by molar-refractivity contribution is 7.86. The molecule has 0 N–H and O–H groups in total. The Balaban J connectivity index is 2.06. The van der Waals surface area contributed by atoms with Crippen LogP contribution in [0.15, 0.2) is 30.3 Å². The van der Waals surface area contributed by atoms with E-state index in [1.807, 2.05) is 13.0 Å². The molecule has 22 heavy (non-hydrogen) atoms. The molecular weight excluding hydrogens is 292 g/mol. The lowest BCUT2D eigenvalue weighted by atomic mass is 10.00. The number of hydrogen-bond acceptors (Lipinski definition) is 3. The predicted octanol–water partition coefficient (Wildman–Crippen LogP) is 3.67. The van der Waals surface area contributed by atoms with Gasteiger partial charge < -0.3 is 4.90 Å². The van der Waals surface area contributed by atoms with Crippen molar-refractivity contribution in [2.75, 3.05) is 23.7 Å². The maximum absolute atomic E-state index is 12.6. The number of aromatic nitrogens is 1. The van der Waals surface area contributed by atoms with Crippen molar-refractivity contribution in [3.8, 4) is 0 Å². The lowest BCUT2D eigenvalue weighted by molar-refractivity contribution is 0.496. The van der Waals surface area contributed by atoms with Gasteiger partial charge in [-0.1, -0.05) is 32.0 Å². The first-order valence-electron chi connectivity index (χ1n) is 8.09. The van der Waals surface area contributed by atoms with E-state index in [-0.39, 0.29) is 4.75 Å². The van der Waals surface area contributed by atoms with Gasteiger partial charge in [0.05, 0.1) is 10.3 Å². The Hall–Kier alpha value is -1.42. The molecule has 118 valence electrons. The molecule has 3 rings (SSSR count). The fraction of sp³-hybridized carbons (Fsp3) is 0.500. The number of aryl methyl sites for hydroxylation is 1. The first-order valence-corrected chi connectivity index (χ1v) is 9.41. The highest BCUT2D eigenvalue weighted by Gasteiger charge is 2.39. The van der Waals surface area contributed by atoms with E-state index in [1.54, 1.807) is 0 Å². The molecule has 0 amide bonds. The Labute approximate surface area is 135 Å². The van der Waals surface area contributed by atoms with Crippen molar-refractivity contribution in [3.05, 3.63) is 36.0 Å². The van der Waals surface area contributed by atoms with Gasteiger partial charge in [-0.2, -0.15) is 0 Å².